The molecule has 0 amide bonds. The van der Waals surface area contributed by atoms with Crippen molar-refractivity contribution in [3.8, 4) is 34.9 Å². The predicted molar refractivity (Wildman–Crippen MR) is 158 cm³/mol. The van der Waals surface area contributed by atoms with Gasteiger partial charge in [0.2, 0.25) is 5.89 Å². The lowest BCUT2D eigenvalue weighted by Crippen LogP contribution is -2.36. The average Bonchev–Trinajstić information content (AvgIpc) is 3.45. The maximum atomic E-state index is 14.4. The molecule has 4 rings (SSSR count). The zero-order valence-electron chi connectivity index (χ0n) is 22.3. The van der Waals surface area contributed by atoms with Crippen LogP contribution in [0.25, 0.3) is 33.0 Å². The molecular weight excluding hydrogens is 520 g/mol. The highest BCUT2D eigenvalue weighted by molar-refractivity contribution is 7.92. The molecule has 0 aliphatic rings. The third kappa shape index (κ3) is 6.28. The van der Waals surface area contributed by atoms with E-state index < -0.39 is 14.6 Å². The largest absolute Gasteiger partial charge is 0.438 e. The molecule has 40 heavy (non-hydrogen) atoms. The number of unbranched alkanes of at least 4 members (excludes halogenated alkanes) is 4. The molecule has 0 saturated carbocycles. The molecule has 4 aromatic rings. The highest BCUT2D eigenvalue weighted by Gasteiger charge is 2.50. The topological polar surface area (TPSA) is 109 Å². The van der Waals surface area contributed by atoms with Crippen LogP contribution in [0.1, 0.15) is 50.8 Å². The monoisotopic (exact) mass is 552 g/mol. The second kappa shape index (κ2) is 13.7. The Kier molecular flexibility index (Phi) is 9.80. The minimum absolute atomic E-state index is 0.0793. The number of benzene rings is 3. The van der Waals surface area contributed by atoms with Gasteiger partial charge in [-0.05, 0) is 30.5 Å². The molecule has 8 heteroatoms. The van der Waals surface area contributed by atoms with Gasteiger partial charge in [0, 0.05) is 29.0 Å². The summed E-state index contributed by atoms with van der Waals surface area (Å²) in [4.78, 5) is 7.87. The van der Waals surface area contributed by atoms with Crippen LogP contribution in [0.5, 0.6) is 0 Å². The molecule has 0 saturated heterocycles. The third-order valence-corrected chi connectivity index (χ3v) is 9.40. The van der Waals surface area contributed by atoms with E-state index in [9.17, 15) is 8.42 Å². The Balaban J connectivity index is 1.81. The Labute approximate surface area is 235 Å². The number of oxazole rings is 1. The lowest BCUT2D eigenvalue weighted by Gasteiger charge is -2.29. The maximum Gasteiger partial charge on any atom is 0.218 e. The van der Waals surface area contributed by atoms with Crippen molar-refractivity contribution in [3.05, 3.63) is 107 Å². The number of azide groups is 1. The Morgan fingerprint density at radius 3 is 2.05 bits per heavy atom. The van der Waals surface area contributed by atoms with Crippen LogP contribution in [0.2, 0.25) is 0 Å². The fraction of sp³-hybridized carbons (Fsp3) is 0.281. The summed E-state index contributed by atoms with van der Waals surface area (Å²) in [5.41, 5.74) is 10.7. The van der Waals surface area contributed by atoms with Crippen molar-refractivity contribution in [1.82, 2.24) is 4.98 Å². The first-order chi connectivity index (χ1) is 19.5. The van der Waals surface area contributed by atoms with Gasteiger partial charge in [0.25, 0.3) is 0 Å². The number of hydrogen-bond donors (Lipinski definition) is 0. The molecule has 0 fully saturated rings. The minimum atomic E-state index is -4.00. The molecule has 1 atom stereocenters. The zero-order chi connectivity index (χ0) is 28.3. The first-order valence-corrected chi connectivity index (χ1v) is 14.9. The summed E-state index contributed by atoms with van der Waals surface area (Å²) in [5.74, 6) is 3.25. The van der Waals surface area contributed by atoms with Gasteiger partial charge in [-0.2, -0.15) is 0 Å². The second-order valence-electron chi connectivity index (χ2n) is 9.59. The molecule has 1 heterocycles. The van der Waals surface area contributed by atoms with Crippen LogP contribution >= 0.6 is 0 Å². The van der Waals surface area contributed by atoms with Crippen molar-refractivity contribution in [2.75, 3.05) is 6.54 Å². The molecule has 0 bridgehead atoms. The molecule has 7 nitrogen and oxygen atoms in total. The molecule has 0 radical (unpaired) electrons. The summed E-state index contributed by atoms with van der Waals surface area (Å²) in [6.45, 7) is 0.459. The normalized spacial score (nSPS) is 12.7. The quantitative estimate of drug-likeness (QED) is 0.0514. The molecule has 204 valence electrons. The molecule has 1 unspecified atom stereocenters. The number of hydrogen-bond acceptors (Lipinski definition) is 5. The van der Waals surface area contributed by atoms with E-state index in [0.717, 1.165) is 36.8 Å². The Morgan fingerprint density at radius 2 is 1.43 bits per heavy atom. The van der Waals surface area contributed by atoms with Gasteiger partial charge in [0.05, 0.1) is 4.90 Å². The van der Waals surface area contributed by atoms with Crippen LogP contribution in [-0.4, -0.2) is 19.9 Å². The van der Waals surface area contributed by atoms with E-state index in [1.807, 2.05) is 60.7 Å². The summed E-state index contributed by atoms with van der Waals surface area (Å²) in [7, 11) is -4.00. The van der Waals surface area contributed by atoms with Crippen molar-refractivity contribution in [2.45, 2.75) is 54.6 Å². The molecular formula is C32H32N4O3S. The molecule has 3 aromatic carbocycles. The highest BCUT2D eigenvalue weighted by atomic mass is 32.2. The van der Waals surface area contributed by atoms with Gasteiger partial charge >= 0.3 is 0 Å². The SMILES string of the molecule is C#CCC(CCCCCCCN=[N+]=[N-])(c1nc(-c2ccccc2)c(-c2ccccc2)o1)S(=O)(=O)c1ccccc1. The van der Waals surface area contributed by atoms with Crippen LogP contribution in [0.15, 0.2) is 105 Å². The van der Waals surface area contributed by atoms with Gasteiger partial charge < -0.3 is 4.42 Å². The molecule has 1 aromatic heterocycles. The van der Waals surface area contributed by atoms with Gasteiger partial charge in [-0.25, -0.2) is 13.4 Å². The van der Waals surface area contributed by atoms with E-state index in [1.54, 1.807) is 30.3 Å². The molecule has 0 spiro atoms. The van der Waals surface area contributed by atoms with Crippen molar-refractivity contribution in [1.29, 1.82) is 0 Å². The summed E-state index contributed by atoms with van der Waals surface area (Å²) < 4.78 is 33.8. The molecule has 0 aliphatic heterocycles. The van der Waals surface area contributed by atoms with E-state index in [1.165, 1.54) is 0 Å². The van der Waals surface area contributed by atoms with E-state index in [0.29, 0.717) is 24.4 Å². The van der Waals surface area contributed by atoms with Crippen LogP contribution in [-0.2, 0) is 14.6 Å². The first-order valence-electron chi connectivity index (χ1n) is 13.4. The van der Waals surface area contributed by atoms with Gasteiger partial charge in [-0.3, -0.25) is 0 Å². The van der Waals surface area contributed by atoms with Gasteiger partial charge in [0.15, 0.2) is 20.3 Å². The number of aromatic nitrogens is 1. The van der Waals surface area contributed by atoms with Crippen LogP contribution in [0.4, 0.5) is 0 Å². The molecule has 0 aliphatic carbocycles. The fourth-order valence-electron chi connectivity index (χ4n) is 4.87. The highest BCUT2D eigenvalue weighted by Crippen LogP contribution is 2.45. The number of nitrogens with zero attached hydrogens (tertiary/aromatic N) is 4. The molecule has 0 N–H and O–H groups in total. The number of sulfone groups is 1. The van der Waals surface area contributed by atoms with Crippen LogP contribution < -0.4 is 0 Å². The number of rotatable bonds is 14. The van der Waals surface area contributed by atoms with Gasteiger partial charge in [-0.1, -0.05) is 110 Å². The van der Waals surface area contributed by atoms with Crippen molar-refractivity contribution < 1.29 is 12.8 Å². The summed E-state index contributed by atoms with van der Waals surface area (Å²) in [6.07, 6.45) is 10.0. The second-order valence-corrected chi connectivity index (χ2v) is 11.9. The number of terminal acetylenes is 1. The summed E-state index contributed by atoms with van der Waals surface area (Å²) >= 11 is 0. The zero-order valence-corrected chi connectivity index (χ0v) is 23.1. The standard InChI is InChI=1S/C32H32N4O3S/c1-2-23-32(24-15-4-3-5-16-25-34-36-33,40(37,38)28-21-13-8-14-22-28)31-35-29(26-17-9-6-10-18-26)30(39-31)27-19-11-7-12-20-27/h1,6-14,17-22H,3-5,15-16,23-25H2. The van der Waals surface area contributed by atoms with E-state index in [4.69, 9.17) is 21.4 Å². The van der Waals surface area contributed by atoms with Gasteiger partial charge in [0.1, 0.15) is 5.69 Å². The summed E-state index contributed by atoms with van der Waals surface area (Å²) in [5, 5.41) is 3.58. The Bertz CT molecular complexity index is 1520. The smallest absolute Gasteiger partial charge is 0.218 e. The lowest BCUT2D eigenvalue weighted by molar-refractivity contribution is 0.377. The minimum Gasteiger partial charge on any atom is -0.438 e. The predicted octanol–water partition coefficient (Wildman–Crippen LogP) is 8.35. The van der Waals surface area contributed by atoms with Crippen molar-refractivity contribution in [2.24, 2.45) is 5.11 Å². The lowest BCUT2D eigenvalue weighted by atomic mass is 9.96. The van der Waals surface area contributed by atoms with E-state index in [2.05, 4.69) is 15.9 Å². The Morgan fingerprint density at radius 1 is 0.850 bits per heavy atom. The average molecular weight is 553 g/mol. The summed E-state index contributed by atoms with van der Waals surface area (Å²) in [6, 6.07) is 27.5. The maximum absolute atomic E-state index is 14.4. The van der Waals surface area contributed by atoms with E-state index >= 15 is 0 Å². The van der Waals surface area contributed by atoms with Crippen LogP contribution in [0, 0.1) is 12.3 Å². The van der Waals surface area contributed by atoms with Gasteiger partial charge in [-0.15, -0.1) is 12.3 Å². The third-order valence-electron chi connectivity index (χ3n) is 6.96. The van der Waals surface area contributed by atoms with Crippen molar-refractivity contribution in [3.63, 3.8) is 0 Å². The van der Waals surface area contributed by atoms with Crippen molar-refractivity contribution >= 4 is 9.84 Å². The fourth-order valence-corrected chi connectivity index (χ4v) is 6.84. The first kappa shape index (κ1) is 28.7. The van der Waals surface area contributed by atoms with Crippen LogP contribution in [0.3, 0.4) is 0 Å². The van der Waals surface area contributed by atoms with E-state index in [-0.39, 0.29) is 23.6 Å². The Hall–Kier alpha value is -4.31.